The van der Waals surface area contributed by atoms with E-state index in [2.05, 4.69) is 13.1 Å². The summed E-state index contributed by atoms with van der Waals surface area (Å²) < 4.78 is 34.4. The lowest BCUT2D eigenvalue weighted by molar-refractivity contribution is -0.136. The molecule has 130 valence electrons. The lowest BCUT2D eigenvalue weighted by Crippen LogP contribution is -2.43. The Bertz CT molecular complexity index is 253. The SMILES string of the molecule is C[SiH](OO[SiH](C)C1COCCCCO1)C1COCCCCO1. The van der Waals surface area contributed by atoms with Crippen LogP contribution in [0.25, 0.3) is 0 Å². The highest BCUT2D eigenvalue weighted by atomic mass is 28.3. The Labute approximate surface area is 136 Å². The van der Waals surface area contributed by atoms with Crippen molar-refractivity contribution in [1.82, 2.24) is 0 Å². The van der Waals surface area contributed by atoms with E-state index >= 15 is 0 Å². The molecule has 2 aliphatic rings. The zero-order chi connectivity index (χ0) is 15.6. The molecule has 4 unspecified atom stereocenters. The molecule has 2 saturated heterocycles. The van der Waals surface area contributed by atoms with E-state index < -0.39 is 18.1 Å². The van der Waals surface area contributed by atoms with Crippen molar-refractivity contribution in [1.29, 1.82) is 0 Å². The normalized spacial score (nSPS) is 31.4. The van der Waals surface area contributed by atoms with Crippen molar-refractivity contribution < 1.29 is 28.1 Å². The maximum atomic E-state index is 5.85. The van der Waals surface area contributed by atoms with Crippen LogP contribution in [0.15, 0.2) is 0 Å². The van der Waals surface area contributed by atoms with E-state index in [9.17, 15) is 0 Å². The minimum atomic E-state index is -1.59. The maximum absolute atomic E-state index is 5.85. The molecule has 2 aliphatic heterocycles. The molecular formula is C14H30O6Si2. The van der Waals surface area contributed by atoms with Gasteiger partial charge in [0.25, 0.3) is 0 Å². The van der Waals surface area contributed by atoms with Crippen molar-refractivity contribution >= 4 is 18.1 Å². The van der Waals surface area contributed by atoms with Crippen LogP contribution >= 0.6 is 0 Å². The van der Waals surface area contributed by atoms with Crippen LogP contribution in [0, 0.1) is 0 Å². The van der Waals surface area contributed by atoms with E-state index in [1.807, 2.05) is 0 Å². The summed E-state index contributed by atoms with van der Waals surface area (Å²) in [6.07, 6.45) is 4.25. The van der Waals surface area contributed by atoms with Gasteiger partial charge in [0.1, 0.15) is 0 Å². The minimum Gasteiger partial charge on any atom is -0.379 e. The van der Waals surface area contributed by atoms with Crippen molar-refractivity contribution in [3.05, 3.63) is 0 Å². The highest BCUT2D eigenvalue weighted by Crippen LogP contribution is 2.11. The second kappa shape index (κ2) is 10.9. The third-order valence-corrected chi connectivity index (χ3v) is 7.92. The van der Waals surface area contributed by atoms with Crippen LogP contribution in [0.2, 0.25) is 13.1 Å². The van der Waals surface area contributed by atoms with Crippen molar-refractivity contribution in [2.24, 2.45) is 0 Å². The molecule has 8 heteroatoms. The average molecular weight is 351 g/mol. The predicted octanol–water partition coefficient (Wildman–Crippen LogP) is 1.11. The van der Waals surface area contributed by atoms with Crippen LogP contribution in [0.1, 0.15) is 25.7 Å². The summed E-state index contributed by atoms with van der Waals surface area (Å²) in [5.41, 5.74) is 0.131. The highest BCUT2D eigenvalue weighted by molar-refractivity contribution is 6.54. The second-order valence-corrected chi connectivity index (χ2v) is 10.7. The summed E-state index contributed by atoms with van der Waals surface area (Å²) in [7, 11) is -3.19. The number of ether oxygens (including phenoxy) is 4. The van der Waals surface area contributed by atoms with E-state index in [0.29, 0.717) is 13.2 Å². The summed E-state index contributed by atoms with van der Waals surface area (Å²) in [4.78, 5) is 0. The van der Waals surface area contributed by atoms with E-state index in [-0.39, 0.29) is 11.5 Å². The Hall–Kier alpha value is 0.194. The van der Waals surface area contributed by atoms with Gasteiger partial charge in [-0.3, -0.25) is 9.15 Å². The summed E-state index contributed by atoms with van der Waals surface area (Å²) in [5, 5.41) is 0. The smallest absolute Gasteiger partial charge is 0.249 e. The number of rotatable bonds is 5. The molecule has 6 nitrogen and oxygen atoms in total. The largest absolute Gasteiger partial charge is 0.379 e. The van der Waals surface area contributed by atoms with Gasteiger partial charge in [-0.05, 0) is 38.8 Å². The minimum absolute atomic E-state index is 0.0657. The Morgan fingerprint density at radius 1 is 0.682 bits per heavy atom. The zero-order valence-electron chi connectivity index (χ0n) is 13.8. The summed E-state index contributed by atoms with van der Waals surface area (Å²) in [5.74, 6) is 0. The molecule has 4 atom stereocenters. The van der Waals surface area contributed by atoms with Crippen molar-refractivity contribution in [3.8, 4) is 0 Å². The van der Waals surface area contributed by atoms with Crippen LogP contribution in [-0.2, 0) is 28.1 Å². The molecule has 2 fully saturated rings. The molecule has 22 heavy (non-hydrogen) atoms. The van der Waals surface area contributed by atoms with Crippen LogP contribution in [0.5, 0.6) is 0 Å². The second-order valence-electron chi connectivity index (χ2n) is 5.99. The standard InChI is InChI=1S/C14H30O6Si2/c1-21(13-11-15-7-3-5-9-17-13)19-20-22(2)14-12-16-8-4-6-10-18-14/h13-14,21-22H,3-12H2,1-2H3. The fourth-order valence-electron chi connectivity index (χ4n) is 2.42. The summed E-state index contributed by atoms with van der Waals surface area (Å²) >= 11 is 0. The van der Waals surface area contributed by atoms with Crippen LogP contribution in [0.3, 0.4) is 0 Å². The Kier molecular flexibility index (Phi) is 9.16. The van der Waals surface area contributed by atoms with E-state index in [1.165, 1.54) is 0 Å². The van der Waals surface area contributed by atoms with Gasteiger partial charge in [-0.2, -0.15) is 0 Å². The van der Waals surface area contributed by atoms with Crippen molar-refractivity contribution in [2.75, 3.05) is 39.6 Å². The Morgan fingerprint density at radius 3 is 1.55 bits per heavy atom. The first-order chi connectivity index (χ1) is 10.8. The first-order valence-corrected chi connectivity index (χ1v) is 13.1. The summed E-state index contributed by atoms with van der Waals surface area (Å²) in [6, 6.07) is 0. The molecule has 0 aromatic heterocycles. The Balaban J connectivity index is 1.70. The third-order valence-electron chi connectivity index (χ3n) is 4.00. The molecule has 0 saturated carbocycles. The van der Waals surface area contributed by atoms with E-state index in [1.54, 1.807) is 0 Å². The molecule has 2 rings (SSSR count). The molecule has 0 bridgehead atoms. The molecule has 0 N–H and O–H groups in total. The first-order valence-electron chi connectivity index (χ1n) is 8.48. The fraction of sp³-hybridized carbons (Fsp3) is 1.00. The monoisotopic (exact) mass is 350 g/mol. The predicted molar refractivity (Wildman–Crippen MR) is 87.8 cm³/mol. The Morgan fingerprint density at radius 2 is 1.09 bits per heavy atom. The van der Waals surface area contributed by atoms with Gasteiger partial charge < -0.3 is 18.9 Å². The van der Waals surface area contributed by atoms with Crippen LogP contribution < -0.4 is 0 Å². The third kappa shape index (κ3) is 6.75. The average Bonchev–Trinajstić information content (AvgIpc) is 2.43. The topological polar surface area (TPSA) is 55.4 Å². The lowest BCUT2D eigenvalue weighted by atomic mass is 10.3. The van der Waals surface area contributed by atoms with E-state index in [0.717, 1.165) is 52.1 Å². The van der Waals surface area contributed by atoms with Crippen molar-refractivity contribution in [3.63, 3.8) is 0 Å². The van der Waals surface area contributed by atoms with Gasteiger partial charge in [-0.25, -0.2) is 0 Å². The van der Waals surface area contributed by atoms with Gasteiger partial charge in [0.05, 0.1) is 24.7 Å². The molecular weight excluding hydrogens is 320 g/mol. The lowest BCUT2D eigenvalue weighted by Gasteiger charge is -2.28. The molecule has 2 heterocycles. The molecule has 0 radical (unpaired) electrons. The summed E-state index contributed by atoms with van der Waals surface area (Å²) in [6.45, 7) is 8.67. The van der Waals surface area contributed by atoms with E-state index in [4.69, 9.17) is 28.1 Å². The van der Waals surface area contributed by atoms with Crippen LogP contribution in [0.4, 0.5) is 0 Å². The van der Waals surface area contributed by atoms with Gasteiger partial charge >= 0.3 is 0 Å². The van der Waals surface area contributed by atoms with Gasteiger partial charge in [0.15, 0.2) is 0 Å². The van der Waals surface area contributed by atoms with Crippen LogP contribution in [-0.4, -0.2) is 69.2 Å². The highest BCUT2D eigenvalue weighted by Gasteiger charge is 2.28. The first kappa shape index (κ1) is 18.5. The van der Waals surface area contributed by atoms with Gasteiger partial charge in [0.2, 0.25) is 18.1 Å². The van der Waals surface area contributed by atoms with Gasteiger partial charge in [0, 0.05) is 26.4 Å². The maximum Gasteiger partial charge on any atom is 0.249 e. The number of hydrogen-bond acceptors (Lipinski definition) is 6. The molecule has 0 aromatic carbocycles. The molecule has 0 amide bonds. The zero-order valence-corrected chi connectivity index (χ0v) is 16.1. The fourth-order valence-corrected chi connectivity index (χ4v) is 5.70. The quantitative estimate of drug-likeness (QED) is 0.421. The van der Waals surface area contributed by atoms with Crippen molar-refractivity contribution in [2.45, 2.75) is 50.2 Å². The molecule has 0 aromatic rings. The van der Waals surface area contributed by atoms with Gasteiger partial charge in [-0.15, -0.1) is 0 Å². The number of hydrogen-bond donors (Lipinski definition) is 0. The molecule has 0 spiro atoms. The van der Waals surface area contributed by atoms with Gasteiger partial charge in [-0.1, -0.05) is 0 Å². The molecule has 0 aliphatic carbocycles.